The zero-order chi connectivity index (χ0) is 24.8. The Balaban J connectivity index is 1.81. The third kappa shape index (κ3) is 3.23. The number of benzene rings is 4. The molecule has 5 aromatic rings. The first kappa shape index (κ1) is 21.8. The number of nitrogens with two attached hydrogens (primary N) is 1. The largest absolute Gasteiger partial charge is 0.397 e. The number of fused-ring (bicyclic) bond motifs is 2. The molecule has 0 saturated carbocycles. The lowest BCUT2D eigenvalue weighted by Gasteiger charge is -2.17. The summed E-state index contributed by atoms with van der Waals surface area (Å²) in [6.45, 7) is 2.11. The first-order valence-corrected chi connectivity index (χ1v) is 12.1. The van der Waals surface area contributed by atoms with Crippen LogP contribution in [0.5, 0.6) is 0 Å². The number of nitrogen functional groups attached to an aromatic ring is 1. The molecule has 1 aromatic heterocycles. The summed E-state index contributed by atoms with van der Waals surface area (Å²) in [5.74, 6) is -0.307. The fourth-order valence-corrected chi connectivity index (χ4v) is 5.14. The Morgan fingerprint density at radius 2 is 1.11 bits per heavy atom. The van der Waals surface area contributed by atoms with Gasteiger partial charge in [-0.3, -0.25) is 9.59 Å². The van der Waals surface area contributed by atoms with Crippen LogP contribution >= 0.6 is 0 Å². The van der Waals surface area contributed by atoms with E-state index in [2.05, 4.69) is 19.1 Å². The molecule has 0 aliphatic heterocycles. The molecule has 0 atom stereocenters. The number of para-hydroxylation sites is 2. The van der Waals surface area contributed by atoms with Crippen molar-refractivity contribution in [3.05, 3.63) is 131 Å². The highest BCUT2D eigenvalue weighted by molar-refractivity contribution is 6.32. The maximum atomic E-state index is 14.1. The Hall–Kier alpha value is -4.70. The van der Waals surface area contributed by atoms with Gasteiger partial charge in [-0.2, -0.15) is 0 Å². The van der Waals surface area contributed by atoms with Crippen LogP contribution in [-0.2, 0) is 6.42 Å². The number of carbonyl (C=O) groups is 2. The zero-order valence-electron chi connectivity index (χ0n) is 19.9. The topological polar surface area (TPSA) is 65.1 Å². The molecule has 36 heavy (non-hydrogen) atoms. The molecule has 174 valence electrons. The molecule has 0 unspecified atom stereocenters. The molecule has 0 spiro atoms. The summed E-state index contributed by atoms with van der Waals surface area (Å²) in [6.07, 6.45) is 0.908. The van der Waals surface area contributed by atoms with Gasteiger partial charge in [-0.05, 0) is 35.2 Å². The molecule has 0 fully saturated rings. The summed E-state index contributed by atoms with van der Waals surface area (Å²) >= 11 is 0. The van der Waals surface area contributed by atoms with Gasteiger partial charge in [-0.1, -0.05) is 97.9 Å². The van der Waals surface area contributed by atoms with Crippen molar-refractivity contribution >= 4 is 17.3 Å². The monoisotopic (exact) mass is 468 g/mol. The fraction of sp³-hybridized carbons (Fsp3) is 0.0625. The van der Waals surface area contributed by atoms with Gasteiger partial charge in [0.25, 0.3) is 0 Å². The number of hydrogen-bond donors (Lipinski definition) is 1. The van der Waals surface area contributed by atoms with E-state index in [1.807, 2.05) is 71.3 Å². The van der Waals surface area contributed by atoms with E-state index in [4.69, 9.17) is 5.73 Å². The lowest BCUT2D eigenvalue weighted by Crippen LogP contribution is -2.20. The standard InChI is InChI=1S/C32H24N2O2/c1-2-20-16-18-22(19-17-20)30-28-27(31(35)23-12-6-7-13-24(23)32(28)36)29(21-10-4-3-5-11-21)34(30)26-15-9-8-14-25(26)33/h3-19H,2,33H2,1H3. The van der Waals surface area contributed by atoms with Crippen LogP contribution in [0.2, 0.25) is 0 Å². The highest BCUT2D eigenvalue weighted by Crippen LogP contribution is 2.45. The zero-order valence-corrected chi connectivity index (χ0v) is 19.9. The van der Waals surface area contributed by atoms with Gasteiger partial charge in [-0.25, -0.2) is 0 Å². The van der Waals surface area contributed by atoms with Gasteiger partial charge in [0.1, 0.15) is 0 Å². The first-order valence-electron chi connectivity index (χ1n) is 12.1. The van der Waals surface area contributed by atoms with Crippen molar-refractivity contribution in [1.82, 2.24) is 4.57 Å². The maximum absolute atomic E-state index is 14.1. The Morgan fingerprint density at radius 1 is 0.611 bits per heavy atom. The van der Waals surface area contributed by atoms with Gasteiger partial charge in [0.15, 0.2) is 11.6 Å². The van der Waals surface area contributed by atoms with Crippen molar-refractivity contribution in [1.29, 1.82) is 0 Å². The van der Waals surface area contributed by atoms with Crippen molar-refractivity contribution < 1.29 is 9.59 Å². The van der Waals surface area contributed by atoms with Gasteiger partial charge >= 0.3 is 0 Å². The van der Waals surface area contributed by atoms with Gasteiger partial charge in [0, 0.05) is 11.1 Å². The minimum atomic E-state index is -0.154. The lowest BCUT2D eigenvalue weighted by molar-refractivity contribution is 0.0981. The van der Waals surface area contributed by atoms with E-state index in [1.165, 1.54) is 5.56 Å². The number of rotatable bonds is 4. The molecule has 6 rings (SSSR count). The molecular weight excluding hydrogens is 444 g/mol. The third-order valence-electron chi connectivity index (χ3n) is 6.90. The van der Waals surface area contributed by atoms with E-state index in [0.717, 1.165) is 23.2 Å². The molecule has 0 saturated heterocycles. The van der Waals surface area contributed by atoms with Crippen LogP contribution in [0.1, 0.15) is 44.3 Å². The Bertz CT molecular complexity index is 1640. The number of anilines is 1. The number of ketones is 2. The van der Waals surface area contributed by atoms with Crippen molar-refractivity contribution in [2.24, 2.45) is 0 Å². The van der Waals surface area contributed by atoms with E-state index in [0.29, 0.717) is 39.3 Å². The van der Waals surface area contributed by atoms with Gasteiger partial charge < -0.3 is 10.3 Å². The first-order chi connectivity index (χ1) is 17.6. The quantitative estimate of drug-likeness (QED) is 0.292. The molecule has 2 N–H and O–H groups in total. The van der Waals surface area contributed by atoms with Gasteiger partial charge in [0.05, 0.1) is 33.9 Å². The van der Waals surface area contributed by atoms with Crippen LogP contribution in [0.4, 0.5) is 5.69 Å². The predicted octanol–water partition coefficient (Wildman–Crippen LogP) is 6.73. The fourth-order valence-electron chi connectivity index (χ4n) is 5.14. The van der Waals surface area contributed by atoms with Crippen molar-refractivity contribution in [3.63, 3.8) is 0 Å². The molecule has 1 aliphatic carbocycles. The van der Waals surface area contributed by atoms with Gasteiger partial charge in [-0.15, -0.1) is 0 Å². The summed E-state index contributed by atoms with van der Waals surface area (Å²) < 4.78 is 2.00. The van der Waals surface area contributed by atoms with E-state index in [-0.39, 0.29) is 11.6 Å². The molecule has 0 radical (unpaired) electrons. The Kier molecular flexibility index (Phi) is 5.15. The molecule has 1 aliphatic rings. The molecule has 0 amide bonds. The van der Waals surface area contributed by atoms with Crippen LogP contribution in [0.3, 0.4) is 0 Å². The van der Waals surface area contributed by atoms with Crippen LogP contribution < -0.4 is 5.73 Å². The summed E-state index contributed by atoms with van der Waals surface area (Å²) in [5.41, 5.74) is 13.7. The van der Waals surface area contributed by atoms with Gasteiger partial charge in [0.2, 0.25) is 0 Å². The molecule has 4 nitrogen and oxygen atoms in total. The maximum Gasteiger partial charge on any atom is 0.196 e. The lowest BCUT2D eigenvalue weighted by atomic mass is 9.82. The highest BCUT2D eigenvalue weighted by atomic mass is 16.1. The summed E-state index contributed by atoms with van der Waals surface area (Å²) in [4.78, 5) is 28.2. The van der Waals surface area contributed by atoms with E-state index < -0.39 is 0 Å². The minimum absolute atomic E-state index is 0.153. The summed E-state index contributed by atoms with van der Waals surface area (Å²) in [7, 11) is 0. The predicted molar refractivity (Wildman–Crippen MR) is 144 cm³/mol. The van der Waals surface area contributed by atoms with Crippen LogP contribution in [0.15, 0.2) is 103 Å². The second kappa shape index (κ2) is 8.51. The number of aromatic nitrogens is 1. The van der Waals surface area contributed by atoms with Crippen LogP contribution in [-0.4, -0.2) is 16.1 Å². The molecule has 4 aromatic carbocycles. The molecule has 1 heterocycles. The van der Waals surface area contributed by atoms with Crippen molar-refractivity contribution in [3.8, 4) is 28.2 Å². The normalized spacial score (nSPS) is 12.4. The summed E-state index contributed by atoms with van der Waals surface area (Å²) in [5, 5.41) is 0. The second-order valence-electron chi connectivity index (χ2n) is 8.96. The molecule has 0 bridgehead atoms. The van der Waals surface area contributed by atoms with Crippen molar-refractivity contribution in [2.45, 2.75) is 13.3 Å². The summed E-state index contributed by atoms with van der Waals surface area (Å²) in [6, 6.07) is 32.6. The van der Waals surface area contributed by atoms with Crippen LogP contribution in [0, 0.1) is 0 Å². The number of hydrogen-bond acceptors (Lipinski definition) is 3. The smallest absolute Gasteiger partial charge is 0.196 e. The Morgan fingerprint density at radius 3 is 1.67 bits per heavy atom. The molecular formula is C32H24N2O2. The highest BCUT2D eigenvalue weighted by Gasteiger charge is 2.39. The number of aryl methyl sites for hydroxylation is 1. The number of nitrogens with zero attached hydrogens (tertiary/aromatic N) is 1. The average molecular weight is 469 g/mol. The SMILES string of the molecule is CCc1ccc(-c2c3c(c(-c4ccccc4)n2-c2ccccc2N)C(=O)c2ccccc2C3=O)cc1. The minimum Gasteiger partial charge on any atom is -0.397 e. The van der Waals surface area contributed by atoms with Crippen LogP contribution in [0.25, 0.3) is 28.2 Å². The van der Waals surface area contributed by atoms with E-state index in [9.17, 15) is 9.59 Å². The van der Waals surface area contributed by atoms with E-state index in [1.54, 1.807) is 24.3 Å². The number of carbonyl (C=O) groups excluding carboxylic acids is 2. The average Bonchev–Trinajstić information content (AvgIpc) is 3.29. The Labute approximate surface area is 209 Å². The molecule has 4 heteroatoms. The van der Waals surface area contributed by atoms with E-state index >= 15 is 0 Å². The second-order valence-corrected chi connectivity index (χ2v) is 8.96. The van der Waals surface area contributed by atoms with Crippen molar-refractivity contribution in [2.75, 3.05) is 5.73 Å². The third-order valence-corrected chi connectivity index (χ3v) is 6.90.